The minimum Gasteiger partial charge on any atom is -0.345 e. The third kappa shape index (κ3) is 2.52. The van der Waals surface area contributed by atoms with Gasteiger partial charge in [0.05, 0.1) is 5.69 Å². The van der Waals surface area contributed by atoms with Gasteiger partial charge in [-0.15, -0.1) is 0 Å². The average molecular weight is 257 g/mol. The molecule has 1 aromatic heterocycles. The van der Waals surface area contributed by atoms with E-state index in [2.05, 4.69) is 41.7 Å². The molecule has 2 rings (SSSR count). The van der Waals surface area contributed by atoms with Crippen molar-refractivity contribution in [2.75, 3.05) is 5.32 Å². The van der Waals surface area contributed by atoms with Crippen LogP contribution in [-0.4, -0.2) is 4.37 Å². The number of rotatable bonds is 3. The van der Waals surface area contributed by atoms with Gasteiger partial charge >= 0.3 is 0 Å². The lowest BCUT2D eigenvalue weighted by Crippen LogP contribution is -1.92. The molecule has 0 fully saturated rings. The fourth-order valence-electron chi connectivity index (χ4n) is 1.67. The minimum atomic E-state index is 0.527. The number of nitrogens with zero attached hydrogens (tertiary/aromatic N) is 2. The predicted octanol–water partition coefficient (Wildman–Crippen LogP) is 4.19. The van der Waals surface area contributed by atoms with Crippen LogP contribution in [0, 0.1) is 18.3 Å². The maximum absolute atomic E-state index is 9.06. The van der Waals surface area contributed by atoms with E-state index in [0.717, 1.165) is 16.4 Å². The molecule has 18 heavy (non-hydrogen) atoms. The molecule has 0 unspecified atom stereocenters. The molecule has 0 atom stereocenters. The summed E-state index contributed by atoms with van der Waals surface area (Å²) in [5.74, 6) is 0.527. The number of aryl methyl sites for hydroxylation is 1. The molecule has 0 amide bonds. The van der Waals surface area contributed by atoms with Crippen molar-refractivity contribution < 1.29 is 0 Å². The van der Waals surface area contributed by atoms with Crippen molar-refractivity contribution in [3.05, 3.63) is 41.1 Å². The van der Waals surface area contributed by atoms with E-state index in [1.54, 1.807) is 0 Å². The number of benzene rings is 1. The number of aromatic nitrogens is 1. The molecule has 0 aliphatic rings. The number of anilines is 2. The van der Waals surface area contributed by atoms with Crippen molar-refractivity contribution in [3.63, 3.8) is 0 Å². The van der Waals surface area contributed by atoms with E-state index < -0.39 is 0 Å². The molecule has 0 saturated heterocycles. The summed E-state index contributed by atoms with van der Waals surface area (Å²) in [4.78, 5) is 0. The average Bonchev–Trinajstić information content (AvgIpc) is 2.70. The van der Waals surface area contributed by atoms with Crippen LogP contribution in [0.1, 0.15) is 36.6 Å². The molecule has 4 heteroatoms. The summed E-state index contributed by atoms with van der Waals surface area (Å²) < 4.78 is 4.19. The molecule has 1 aromatic carbocycles. The van der Waals surface area contributed by atoms with Gasteiger partial charge in [-0.25, -0.2) is 0 Å². The van der Waals surface area contributed by atoms with E-state index in [1.807, 2.05) is 19.1 Å². The second-order valence-corrected chi connectivity index (χ2v) is 5.26. The van der Waals surface area contributed by atoms with Crippen LogP contribution in [0.4, 0.5) is 10.7 Å². The second kappa shape index (κ2) is 5.19. The van der Waals surface area contributed by atoms with E-state index in [4.69, 9.17) is 5.26 Å². The zero-order chi connectivity index (χ0) is 13.1. The smallest absolute Gasteiger partial charge is 0.132 e. The highest BCUT2D eigenvalue weighted by molar-refractivity contribution is 7.10. The van der Waals surface area contributed by atoms with Crippen molar-refractivity contribution in [3.8, 4) is 6.07 Å². The Morgan fingerprint density at radius 2 is 1.94 bits per heavy atom. The molecule has 92 valence electrons. The van der Waals surface area contributed by atoms with Crippen LogP contribution in [0.25, 0.3) is 0 Å². The number of hydrogen-bond acceptors (Lipinski definition) is 4. The van der Waals surface area contributed by atoms with Gasteiger partial charge in [0.25, 0.3) is 0 Å². The zero-order valence-corrected chi connectivity index (χ0v) is 11.5. The third-order valence-electron chi connectivity index (χ3n) is 2.81. The Bertz CT molecular complexity index is 576. The van der Waals surface area contributed by atoms with Gasteiger partial charge in [-0.1, -0.05) is 26.0 Å². The number of hydrogen-bond donors (Lipinski definition) is 1. The Kier molecular flexibility index (Phi) is 3.63. The largest absolute Gasteiger partial charge is 0.345 e. The first-order chi connectivity index (χ1) is 8.61. The zero-order valence-electron chi connectivity index (χ0n) is 10.7. The summed E-state index contributed by atoms with van der Waals surface area (Å²) >= 11 is 1.32. The first kappa shape index (κ1) is 12.6. The Labute approximate surface area is 111 Å². The van der Waals surface area contributed by atoms with Gasteiger partial charge in [-0.05, 0) is 42.1 Å². The molecular formula is C14H15N3S. The first-order valence-corrected chi connectivity index (χ1v) is 6.62. The van der Waals surface area contributed by atoms with Crippen LogP contribution in [0.15, 0.2) is 24.3 Å². The van der Waals surface area contributed by atoms with Crippen molar-refractivity contribution in [1.82, 2.24) is 4.37 Å². The maximum Gasteiger partial charge on any atom is 0.132 e. The van der Waals surface area contributed by atoms with E-state index in [9.17, 15) is 0 Å². The summed E-state index contributed by atoms with van der Waals surface area (Å²) in [5.41, 5.74) is 3.71. The SMILES string of the molecule is Cc1nsc(Nc2ccc(C(C)C)cc2)c1C#N. The van der Waals surface area contributed by atoms with E-state index in [1.165, 1.54) is 17.1 Å². The van der Waals surface area contributed by atoms with Crippen LogP contribution in [0.2, 0.25) is 0 Å². The molecule has 0 saturated carbocycles. The molecule has 3 nitrogen and oxygen atoms in total. The normalized spacial score (nSPS) is 10.4. The van der Waals surface area contributed by atoms with E-state index in [-0.39, 0.29) is 0 Å². The van der Waals surface area contributed by atoms with Gasteiger partial charge in [0.2, 0.25) is 0 Å². The topological polar surface area (TPSA) is 48.7 Å². The van der Waals surface area contributed by atoms with Gasteiger partial charge in [-0.2, -0.15) is 9.64 Å². The molecule has 0 aliphatic heterocycles. The standard InChI is InChI=1S/C14H15N3S/c1-9(2)11-4-6-12(7-5-11)16-14-13(8-15)10(3)17-18-14/h4-7,9,16H,1-3H3. The van der Waals surface area contributed by atoms with Crippen LogP contribution >= 0.6 is 11.5 Å². The van der Waals surface area contributed by atoms with Crippen molar-refractivity contribution >= 4 is 22.2 Å². The van der Waals surface area contributed by atoms with Crippen LogP contribution in [0.3, 0.4) is 0 Å². The molecule has 0 bridgehead atoms. The number of nitriles is 1. The Morgan fingerprint density at radius 1 is 1.28 bits per heavy atom. The van der Waals surface area contributed by atoms with Crippen LogP contribution in [-0.2, 0) is 0 Å². The summed E-state index contributed by atoms with van der Waals surface area (Å²) in [6.45, 7) is 6.19. The third-order valence-corrected chi connectivity index (χ3v) is 3.66. The van der Waals surface area contributed by atoms with Crippen LogP contribution < -0.4 is 5.32 Å². The van der Waals surface area contributed by atoms with Crippen molar-refractivity contribution in [2.45, 2.75) is 26.7 Å². The molecular weight excluding hydrogens is 242 g/mol. The molecule has 0 aliphatic carbocycles. The fourth-order valence-corrected chi connectivity index (χ4v) is 2.44. The minimum absolute atomic E-state index is 0.527. The quantitative estimate of drug-likeness (QED) is 0.896. The summed E-state index contributed by atoms with van der Waals surface area (Å²) in [5, 5.41) is 13.1. The summed E-state index contributed by atoms with van der Waals surface area (Å²) in [7, 11) is 0. The van der Waals surface area contributed by atoms with Gasteiger partial charge in [0, 0.05) is 5.69 Å². The predicted molar refractivity (Wildman–Crippen MR) is 75.4 cm³/mol. The molecule has 1 N–H and O–H groups in total. The van der Waals surface area contributed by atoms with Gasteiger partial charge in [0.1, 0.15) is 16.6 Å². The Hall–Kier alpha value is -1.86. The lowest BCUT2D eigenvalue weighted by molar-refractivity contribution is 0.867. The van der Waals surface area contributed by atoms with Crippen molar-refractivity contribution in [1.29, 1.82) is 5.26 Å². The van der Waals surface area contributed by atoms with Crippen LogP contribution in [0.5, 0.6) is 0 Å². The summed E-state index contributed by atoms with van der Waals surface area (Å²) in [6.07, 6.45) is 0. The van der Waals surface area contributed by atoms with E-state index in [0.29, 0.717) is 11.5 Å². The highest BCUT2D eigenvalue weighted by Gasteiger charge is 2.10. The van der Waals surface area contributed by atoms with E-state index >= 15 is 0 Å². The first-order valence-electron chi connectivity index (χ1n) is 5.85. The maximum atomic E-state index is 9.06. The second-order valence-electron chi connectivity index (χ2n) is 4.49. The molecule has 1 heterocycles. The van der Waals surface area contributed by atoms with Gasteiger partial charge in [0.15, 0.2) is 0 Å². The molecule has 0 spiro atoms. The fraction of sp³-hybridized carbons (Fsp3) is 0.286. The van der Waals surface area contributed by atoms with Gasteiger partial charge in [-0.3, -0.25) is 0 Å². The highest BCUT2D eigenvalue weighted by Crippen LogP contribution is 2.27. The highest BCUT2D eigenvalue weighted by atomic mass is 32.1. The Balaban J connectivity index is 2.21. The lowest BCUT2D eigenvalue weighted by atomic mass is 10.0. The molecule has 2 aromatic rings. The monoisotopic (exact) mass is 257 g/mol. The summed E-state index contributed by atoms with van der Waals surface area (Å²) in [6, 6.07) is 10.5. The lowest BCUT2D eigenvalue weighted by Gasteiger charge is -2.07. The van der Waals surface area contributed by atoms with Gasteiger partial charge < -0.3 is 5.32 Å². The molecule has 0 radical (unpaired) electrons. The Morgan fingerprint density at radius 3 is 2.50 bits per heavy atom. The van der Waals surface area contributed by atoms with Crippen molar-refractivity contribution in [2.24, 2.45) is 0 Å². The number of nitrogens with one attached hydrogen (secondary N) is 1.